The highest BCUT2D eigenvalue weighted by Gasteiger charge is 2.08. The van der Waals surface area contributed by atoms with E-state index in [4.69, 9.17) is 10.00 Å². The third-order valence-corrected chi connectivity index (χ3v) is 3.77. The zero-order chi connectivity index (χ0) is 14.8. The van der Waals surface area contributed by atoms with Crippen LogP contribution in [0, 0.1) is 17.1 Å². The summed E-state index contributed by atoms with van der Waals surface area (Å²) < 4.78 is 19.7. The van der Waals surface area contributed by atoms with Crippen molar-refractivity contribution in [2.24, 2.45) is 0 Å². The SMILES string of the molecule is N#Cc1ccc(Oc2ccc(Br)c(F)c2)c2ccccc12. The topological polar surface area (TPSA) is 33.0 Å². The molecule has 0 saturated heterocycles. The fourth-order valence-electron chi connectivity index (χ4n) is 2.13. The van der Waals surface area contributed by atoms with Crippen LogP contribution in [0.4, 0.5) is 4.39 Å². The molecule has 0 saturated carbocycles. The fraction of sp³-hybridized carbons (Fsp3) is 0. The van der Waals surface area contributed by atoms with Gasteiger partial charge in [0.2, 0.25) is 0 Å². The molecule has 0 aliphatic carbocycles. The van der Waals surface area contributed by atoms with Crippen LogP contribution >= 0.6 is 15.9 Å². The third-order valence-electron chi connectivity index (χ3n) is 3.12. The molecular weight excluding hydrogens is 333 g/mol. The highest BCUT2D eigenvalue weighted by atomic mass is 79.9. The lowest BCUT2D eigenvalue weighted by Gasteiger charge is -2.10. The molecular formula is C17H9BrFNO. The lowest BCUT2D eigenvalue weighted by atomic mass is 10.0. The highest BCUT2D eigenvalue weighted by molar-refractivity contribution is 9.10. The molecule has 0 atom stereocenters. The van der Waals surface area contributed by atoms with Crippen LogP contribution in [0.5, 0.6) is 11.5 Å². The van der Waals surface area contributed by atoms with E-state index in [1.54, 1.807) is 24.3 Å². The summed E-state index contributed by atoms with van der Waals surface area (Å²) in [6.07, 6.45) is 0. The van der Waals surface area contributed by atoms with Crippen LogP contribution in [0.15, 0.2) is 59.1 Å². The van der Waals surface area contributed by atoms with Crippen LogP contribution in [0.2, 0.25) is 0 Å². The van der Waals surface area contributed by atoms with E-state index in [1.807, 2.05) is 24.3 Å². The maximum atomic E-state index is 13.5. The Hall–Kier alpha value is -2.38. The number of hydrogen-bond acceptors (Lipinski definition) is 2. The first-order valence-electron chi connectivity index (χ1n) is 6.24. The van der Waals surface area contributed by atoms with Gasteiger partial charge in [-0.1, -0.05) is 24.3 Å². The van der Waals surface area contributed by atoms with Crippen LogP contribution in [-0.4, -0.2) is 0 Å². The minimum atomic E-state index is -0.384. The molecule has 0 unspecified atom stereocenters. The van der Waals surface area contributed by atoms with Crippen LogP contribution in [-0.2, 0) is 0 Å². The molecule has 0 aromatic heterocycles. The number of halogens is 2. The number of nitriles is 1. The standard InChI is InChI=1S/C17H9BrFNO/c18-15-7-6-12(9-16(15)19)21-17-8-5-11(10-20)13-3-1-2-4-14(13)17/h1-9H. The summed E-state index contributed by atoms with van der Waals surface area (Å²) in [6.45, 7) is 0. The number of ether oxygens (including phenoxy) is 1. The van der Waals surface area contributed by atoms with Gasteiger partial charge in [-0.05, 0) is 40.2 Å². The van der Waals surface area contributed by atoms with Crippen LogP contribution in [0.1, 0.15) is 5.56 Å². The number of rotatable bonds is 2. The Kier molecular flexibility index (Phi) is 3.59. The van der Waals surface area contributed by atoms with Crippen molar-refractivity contribution in [2.75, 3.05) is 0 Å². The smallest absolute Gasteiger partial charge is 0.141 e. The summed E-state index contributed by atoms with van der Waals surface area (Å²) in [4.78, 5) is 0. The Labute approximate surface area is 129 Å². The summed E-state index contributed by atoms with van der Waals surface area (Å²) in [7, 11) is 0. The molecule has 4 heteroatoms. The minimum Gasteiger partial charge on any atom is -0.457 e. The maximum Gasteiger partial charge on any atom is 0.141 e. The molecule has 0 aliphatic rings. The third kappa shape index (κ3) is 2.61. The van der Waals surface area contributed by atoms with Gasteiger partial charge in [-0.15, -0.1) is 0 Å². The van der Waals surface area contributed by atoms with Gasteiger partial charge in [0, 0.05) is 16.8 Å². The Bertz CT molecular complexity index is 870. The zero-order valence-electron chi connectivity index (χ0n) is 10.8. The average molecular weight is 342 g/mol. The largest absolute Gasteiger partial charge is 0.457 e. The number of nitrogens with zero attached hydrogens (tertiary/aromatic N) is 1. The Morgan fingerprint density at radius 3 is 2.48 bits per heavy atom. The first kappa shape index (κ1) is 13.6. The Morgan fingerprint density at radius 1 is 1.00 bits per heavy atom. The van der Waals surface area contributed by atoms with Gasteiger partial charge in [-0.2, -0.15) is 5.26 Å². The first-order valence-corrected chi connectivity index (χ1v) is 7.03. The predicted octanol–water partition coefficient (Wildman–Crippen LogP) is 5.41. The Balaban J connectivity index is 2.09. The second-order valence-corrected chi connectivity index (χ2v) is 5.30. The normalized spacial score (nSPS) is 10.3. The van der Waals surface area contributed by atoms with Crippen molar-refractivity contribution in [3.05, 3.63) is 70.5 Å². The van der Waals surface area contributed by atoms with Gasteiger partial charge in [-0.25, -0.2) is 4.39 Å². The predicted molar refractivity (Wildman–Crippen MR) is 82.8 cm³/mol. The van der Waals surface area contributed by atoms with Crippen molar-refractivity contribution in [1.82, 2.24) is 0 Å². The molecule has 0 heterocycles. The Morgan fingerprint density at radius 2 is 1.76 bits per heavy atom. The lowest BCUT2D eigenvalue weighted by molar-refractivity contribution is 0.481. The van der Waals surface area contributed by atoms with Crippen molar-refractivity contribution in [1.29, 1.82) is 5.26 Å². The molecule has 2 nitrogen and oxygen atoms in total. The van der Waals surface area contributed by atoms with E-state index in [1.165, 1.54) is 6.07 Å². The van der Waals surface area contributed by atoms with E-state index in [9.17, 15) is 4.39 Å². The quantitative estimate of drug-likeness (QED) is 0.624. The van der Waals surface area contributed by atoms with E-state index < -0.39 is 0 Å². The number of fused-ring (bicyclic) bond motifs is 1. The van der Waals surface area contributed by atoms with E-state index >= 15 is 0 Å². The summed E-state index contributed by atoms with van der Waals surface area (Å²) in [6, 6.07) is 17.7. The minimum absolute atomic E-state index is 0.384. The summed E-state index contributed by atoms with van der Waals surface area (Å²) in [5.74, 6) is 0.613. The average Bonchev–Trinajstić information content (AvgIpc) is 2.51. The van der Waals surface area contributed by atoms with Crippen molar-refractivity contribution in [3.8, 4) is 17.6 Å². The molecule has 102 valence electrons. The molecule has 0 aliphatic heterocycles. The molecule has 0 radical (unpaired) electrons. The van der Waals surface area contributed by atoms with Gasteiger partial charge in [0.15, 0.2) is 0 Å². The summed E-state index contributed by atoms with van der Waals surface area (Å²) in [5.41, 5.74) is 0.583. The van der Waals surface area contributed by atoms with Crippen molar-refractivity contribution >= 4 is 26.7 Å². The molecule has 21 heavy (non-hydrogen) atoms. The number of hydrogen-bond donors (Lipinski definition) is 0. The molecule has 0 bridgehead atoms. The van der Waals surface area contributed by atoms with Crippen LogP contribution in [0.3, 0.4) is 0 Å². The van der Waals surface area contributed by atoms with Gasteiger partial charge < -0.3 is 4.74 Å². The van der Waals surface area contributed by atoms with E-state index in [-0.39, 0.29) is 5.82 Å². The van der Waals surface area contributed by atoms with Crippen molar-refractivity contribution < 1.29 is 9.13 Å². The van der Waals surface area contributed by atoms with Crippen molar-refractivity contribution in [2.45, 2.75) is 0 Å². The molecule has 3 aromatic rings. The van der Waals surface area contributed by atoms with E-state index in [0.717, 1.165) is 10.8 Å². The van der Waals surface area contributed by atoms with E-state index in [2.05, 4.69) is 22.0 Å². The molecule has 0 spiro atoms. The second kappa shape index (κ2) is 5.55. The zero-order valence-corrected chi connectivity index (χ0v) is 12.4. The van der Waals surface area contributed by atoms with Gasteiger partial charge in [0.1, 0.15) is 17.3 Å². The molecule has 0 fully saturated rings. The van der Waals surface area contributed by atoms with Crippen LogP contribution < -0.4 is 4.74 Å². The van der Waals surface area contributed by atoms with Gasteiger partial charge in [-0.3, -0.25) is 0 Å². The monoisotopic (exact) mass is 341 g/mol. The summed E-state index contributed by atoms with van der Waals surface area (Å²) in [5, 5.41) is 10.8. The van der Waals surface area contributed by atoms with Crippen molar-refractivity contribution in [3.63, 3.8) is 0 Å². The highest BCUT2D eigenvalue weighted by Crippen LogP contribution is 2.32. The fourth-order valence-corrected chi connectivity index (χ4v) is 2.37. The van der Waals surface area contributed by atoms with Gasteiger partial charge in [0.05, 0.1) is 16.1 Å². The van der Waals surface area contributed by atoms with E-state index in [0.29, 0.717) is 21.5 Å². The lowest BCUT2D eigenvalue weighted by Crippen LogP contribution is -1.89. The van der Waals surface area contributed by atoms with Gasteiger partial charge >= 0.3 is 0 Å². The molecule has 0 N–H and O–H groups in total. The first-order chi connectivity index (χ1) is 10.2. The maximum absolute atomic E-state index is 13.5. The summed E-state index contributed by atoms with van der Waals surface area (Å²) >= 11 is 3.11. The van der Waals surface area contributed by atoms with Gasteiger partial charge in [0.25, 0.3) is 0 Å². The number of benzene rings is 3. The second-order valence-electron chi connectivity index (χ2n) is 4.45. The molecule has 3 aromatic carbocycles. The molecule has 3 rings (SSSR count). The van der Waals surface area contributed by atoms with Crippen LogP contribution in [0.25, 0.3) is 10.8 Å². The molecule has 0 amide bonds.